The predicted molar refractivity (Wildman–Crippen MR) is 86.5 cm³/mol. The van der Waals surface area contributed by atoms with Gasteiger partial charge < -0.3 is 10.1 Å². The third-order valence-corrected chi connectivity index (χ3v) is 4.32. The van der Waals surface area contributed by atoms with E-state index in [1.54, 1.807) is 6.92 Å². The lowest BCUT2D eigenvalue weighted by Crippen LogP contribution is -2.15. The molecule has 5 nitrogen and oxygen atoms in total. The smallest absolute Gasteiger partial charge is 0.341 e. The van der Waals surface area contributed by atoms with E-state index in [4.69, 9.17) is 4.74 Å². The van der Waals surface area contributed by atoms with E-state index in [-0.39, 0.29) is 12.2 Å². The van der Waals surface area contributed by atoms with E-state index in [1.165, 1.54) is 23.6 Å². The molecule has 0 aliphatic carbocycles. The van der Waals surface area contributed by atoms with Crippen molar-refractivity contribution in [2.45, 2.75) is 27.2 Å². The van der Waals surface area contributed by atoms with E-state index in [2.05, 4.69) is 10.3 Å². The fourth-order valence-corrected chi connectivity index (χ4v) is 3.36. The van der Waals surface area contributed by atoms with Crippen LogP contribution in [0.1, 0.15) is 45.0 Å². The molecule has 0 aromatic carbocycles. The van der Waals surface area contributed by atoms with Gasteiger partial charge in [-0.1, -0.05) is 6.92 Å². The lowest BCUT2D eigenvalue weighted by atomic mass is 10.1. The van der Waals surface area contributed by atoms with Crippen molar-refractivity contribution in [3.63, 3.8) is 0 Å². The molecule has 0 fully saturated rings. The van der Waals surface area contributed by atoms with Gasteiger partial charge >= 0.3 is 5.97 Å². The number of hydrogen-bond donors (Lipinski definition) is 1. The summed E-state index contributed by atoms with van der Waals surface area (Å²) in [6, 6.07) is 2.45. The molecule has 23 heavy (non-hydrogen) atoms. The van der Waals surface area contributed by atoms with Crippen LogP contribution in [0.4, 0.5) is 9.39 Å². The lowest BCUT2D eigenvalue weighted by molar-refractivity contribution is 0.0527. The van der Waals surface area contributed by atoms with Crippen LogP contribution in [-0.4, -0.2) is 23.5 Å². The zero-order valence-electron chi connectivity index (χ0n) is 13.1. The van der Waals surface area contributed by atoms with E-state index >= 15 is 0 Å². The highest BCUT2D eigenvalue weighted by atomic mass is 32.1. The second kappa shape index (κ2) is 7.32. The number of nitrogens with one attached hydrogen (secondary N) is 1. The third-order valence-electron chi connectivity index (χ3n) is 3.26. The summed E-state index contributed by atoms with van der Waals surface area (Å²) in [7, 11) is 0. The number of pyridine rings is 1. The molecule has 122 valence electrons. The fraction of sp³-hybridized carbons (Fsp3) is 0.312. The summed E-state index contributed by atoms with van der Waals surface area (Å²) < 4.78 is 18.2. The van der Waals surface area contributed by atoms with Gasteiger partial charge in [0.05, 0.1) is 12.2 Å². The summed E-state index contributed by atoms with van der Waals surface area (Å²) in [6.45, 7) is 5.79. The number of aryl methyl sites for hydroxylation is 1. The number of ether oxygens (including phenoxy) is 1. The zero-order chi connectivity index (χ0) is 17.0. The summed E-state index contributed by atoms with van der Waals surface area (Å²) in [6.07, 6.45) is 1.86. The predicted octanol–water partition coefficient (Wildman–Crippen LogP) is 3.58. The largest absolute Gasteiger partial charge is 0.462 e. The summed E-state index contributed by atoms with van der Waals surface area (Å²) in [5, 5.41) is 3.09. The quantitative estimate of drug-likeness (QED) is 0.669. The van der Waals surface area contributed by atoms with E-state index in [0.717, 1.165) is 16.5 Å². The number of rotatable bonds is 5. The molecule has 7 heteroatoms. The number of nitrogens with zero attached hydrogens (tertiary/aromatic N) is 1. The molecule has 2 heterocycles. The Kier molecular flexibility index (Phi) is 5.44. The highest BCUT2D eigenvalue weighted by Crippen LogP contribution is 2.34. The summed E-state index contributed by atoms with van der Waals surface area (Å²) in [5.41, 5.74) is 1.36. The van der Waals surface area contributed by atoms with Gasteiger partial charge in [0.1, 0.15) is 5.00 Å². The minimum atomic E-state index is -0.736. The van der Waals surface area contributed by atoms with Crippen molar-refractivity contribution in [3.8, 4) is 0 Å². The topological polar surface area (TPSA) is 68.3 Å². The van der Waals surface area contributed by atoms with Crippen molar-refractivity contribution in [1.82, 2.24) is 4.98 Å². The first-order chi connectivity index (χ1) is 11.0. The number of halogens is 1. The second-order valence-corrected chi connectivity index (χ2v) is 5.96. The number of hydrogen-bond acceptors (Lipinski definition) is 5. The molecule has 0 saturated carbocycles. The second-order valence-electron chi connectivity index (χ2n) is 4.74. The van der Waals surface area contributed by atoms with Crippen LogP contribution in [0, 0.1) is 12.9 Å². The fourth-order valence-electron chi connectivity index (χ4n) is 2.23. The van der Waals surface area contributed by atoms with Crippen LogP contribution < -0.4 is 5.32 Å². The maximum Gasteiger partial charge on any atom is 0.341 e. The molecule has 0 saturated heterocycles. The molecule has 2 aromatic heterocycles. The molecule has 2 rings (SSSR count). The molecule has 0 atom stereocenters. The van der Waals surface area contributed by atoms with Gasteiger partial charge in [0, 0.05) is 22.7 Å². The molecule has 1 N–H and O–H groups in total. The van der Waals surface area contributed by atoms with E-state index in [1.807, 2.05) is 13.8 Å². The molecule has 2 aromatic rings. The van der Waals surface area contributed by atoms with Crippen molar-refractivity contribution in [2.75, 3.05) is 11.9 Å². The first kappa shape index (κ1) is 17.1. The summed E-state index contributed by atoms with van der Waals surface area (Å²) >= 11 is 1.30. The Morgan fingerprint density at radius 1 is 1.39 bits per heavy atom. The Morgan fingerprint density at radius 2 is 2.13 bits per heavy atom. The molecule has 0 unspecified atom stereocenters. The number of aromatic nitrogens is 1. The normalized spacial score (nSPS) is 10.4. The van der Waals surface area contributed by atoms with Gasteiger partial charge in [0.15, 0.2) is 0 Å². The van der Waals surface area contributed by atoms with Crippen molar-refractivity contribution < 1.29 is 18.7 Å². The van der Waals surface area contributed by atoms with Crippen LogP contribution in [0.15, 0.2) is 18.3 Å². The zero-order valence-corrected chi connectivity index (χ0v) is 13.9. The van der Waals surface area contributed by atoms with Gasteiger partial charge in [0.25, 0.3) is 5.91 Å². The van der Waals surface area contributed by atoms with E-state index < -0.39 is 17.8 Å². The van der Waals surface area contributed by atoms with Crippen molar-refractivity contribution in [2.24, 2.45) is 0 Å². The highest BCUT2D eigenvalue weighted by molar-refractivity contribution is 7.16. The molecular weight excluding hydrogens is 319 g/mol. The number of esters is 1. The Bertz CT molecular complexity index is 743. The minimum absolute atomic E-state index is 0.136. The van der Waals surface area contributed by atoms with Crippen molar-refractivity contribution >= 4 is 28.2 Å². The SMILES string of the molecule is CCOC(=O)c1c(NC(=O)c2ccnc(F)c2)sc(C)c1CC. The number of anilines is 1. The highest BCUT2D eigenvalue weighted by Gasteiger charge is 2.23. The van der Waals surface area contributed by atoms with Crippen molar-refractivity contribution in [3.05, 3.63) is 45.8 Å². The van der Waals surface area contributed by atoms with Gasteiger partial charge in [-0.05, 0) is 31.9 Å². The van der Waals surface area contributed by atoms with Gasteiger partial charge in [-0.3, -0.25) is 4.79 Å². The van der Waals surface area contributed by atoms with E-state index in [0.29, 0.717) is 17.0 Å². The number of carbonyl (C=O) groups is 2. The first-order valence-corrected chi connectivity index (χ1v) is 8.01. The van der Waals surface area contributed by atoms with Gasteiger partial charge in [-0.25, -0.2) is 9.78 Å². The molecule has 0 radical (unpaired) electrons. The monoisotopic (exact) mass is 336 g/mol. The number of thiophene rings is 1. The Morgan fingerprint density at radius 3 is 2.74 bits per heavy atom. The van der Waals surface area contributed by atoms with Crippen LogP contribution >= 0.6 is 11.3 Å². The van der Waals surface area contributed by atoms with Gasteiger partial charge in [-0.2, -0.15) is 4.39 Å². The standard InChI is InChI=1S/C16H17FN2O3S/c1-4-11-9(3)23-15(13(11)16(21)22-5-2)19-14(20)10-6-7-18-12(17)8-10/h6-8H,4-5H2,1-3H3,(H,19,20). The van der Waals surface area contributed by atoms with Crippen LogP contribution in [0.3, 0.4) is 0 Å². The average Bonchev–Trinajstić information content (AvgIpc) is 2.82. The first-order valence-electron chi connectivity index (χ1n) is 7.20. The van der Waals surface area contributed by atoms with Gasteiger partial charge in [-0.15, -0.1) is 11.3 Å². The number of amides is 1. The van der Waals surface area contributed by atoms with Crippen molar-refractivity contribution in [1.29, 1.82) is 0 Å². The molecule has 0 aliphatic heterocycles. The molecule has 0 aliphatic rings. The minimum Gasteiger partial charge on any atom is -0.462 e. The maximum absolute atomic E-state index is 13.1. The molecule has 1 amide bonds. The molecule has 0 spiro atoms. The molecule has 0 bridgehead atoms. The average molecular weight is 336 g/mol. The lowest BCUT2D eigenvalue weighted by Gasteiger charge is -2.08. The third kappa shape index (κ3) is 3.73. The van der Waals surface area contributed by atoms with Crippen LogP contribution in [0.5, 0.6) is 0 Å². The van der Waals surface area contributed by atoms with Crippen LogP contribution in [0.25, 0.3) is 0 Å². The van der Waals surface area contributed by atoms with E-state index in [9.17, 15) is 14.0 Å². The Labute approximate surface area is 137 Å². The Balaban J connectivity index is 2.36. The number of carbonyl (C=O) groups excluding carboxylic acids is 2. The van der Waals surface area contributed by atoms with Crippen LogP contribution in [-0.2, 0) is 11.2 Å². The van der Waals surface area contributed by atoms with Crippen LogP contribution in [0.2, 0.25) is 0 Å². The maximum atomic E-state index is 13.1. The summed E-state index contributed by atoms with van der Waals surface area (Å²) in [5.74, 6) is -1.70. The summed E-state index contributed by atoms with van der Waals surface area (Å²) in [4.78, 5) is 28.8. The van der Waals surface area contributed by atoms with Gasteiger partial charge in [0.2, 0.25) is 5.95 Å². The Hall–Kier alpha value is -2.28. The molecular formula is C16H17FN2O3S.